The summed E-state index contributed by atoms with van der Waals surface area (Å²) < 4.78 is 89.0. The molecule has 0 amide bonds. The third-order valence-corrected chi connectivity index (χ3v) is 11.7. The molecule has 0 unspecified atom stereocenters. The fraction of sp³-hybridized carbons (Fsp3) is 0.0727. The van der Waals surface area contributed by atoms with Gasteiger partial charge in [-0.3, -0.25) is 0 Å². The van der Waals surface area contributed by atoms with Crippen LogP contribution in [0.1, 0.15) is 22.3 Å². The fourth-order valence-corrected chi connectivity index (χ4v) is 8.36. The van der Waals surface area contributed by atoms with E-state index in [1.54, 1.807) is 12.1 Å². The minimum absolute atomic E-state index is 0.0110. The van der Waals surface area contributed by atoms with E-state index in [1.807, 2.05) is 103 Å². The molecule has 0 aliphatic rings. The van der Waals surface area contributed by atoms with Gasteiger partial charge in [0.15, 0.2) is 17.5 Å². The Hall–Kier alpha value is -7.85. The van der Waals surface area contributed by atoms with Crippen LogP contribution in [0.3, 0.4) is 0 Å². The third kappa shape index (κ3) is 7.92. The third-order valence-electron chi connectivity index (χ3n) is 11.7. The summed E-state index contributed by atoms with van der Waals surface area (Å²) in [7, 11) is 0. The first-order chi connectivity index (χ1) is 31.3. The minimum atomic E-state index is -5.15. The Morgan fingerprint density at radius 3 is 1.31 bits per heavy atom. The Labute approximate surface area is 370 Å². The van der Waals surface area contributed by atoms with Gasteiger partial charge in [-0.05, 0) is 95.8 Å². The molecule has 318 valence electrons. The first kappa shape index (κ1) is 41.2. The van der Waals surface area contributed by atoms with Gasteiger partial charge in [0.25, 0.3) is 0 Å². The number of benzene rings is 8. The highest BCUT2D eigenvalue weighted by Gasteiger charge is 2.39. The Kier molecular flexibility index (Phi) is 10.2. The molecule has 0 aliphatic heterocycles. The van der Waals surface area contributed by atoms with Gasteiger partial charge >= 0.3 is 12.4 Å². The molecular weight excluding hydrogens is 831 g/mol. The molecule has 2 aromatic heterocycles. The predicted octanol–water partition coefficient (Wildman–Crippen LogP) is 15.6. The zero-order valence-electron chi connectivity index (χ0n) is 34.9. The second-order valence-electron chi connectivity index (χ2n) is 16.1. The summed E-state index contributed by atoms with van der Waals surface area (Å²) in [6, 6.07) is 53.9. The molecule has 0 spiro atoms. The van der Waals surface area contributed by atoms with Crippen molar-refractivity contribution in [3.8, 4) is 73.2 Å². The maximum Gasteiger partial charge on any atom is 0.417 e. The summed E-state index contributed by atoms with van der Waals surface area (Å²) in [5, 5.41) is 1.88. The van der Waals surface area contributed by atoms with Gasteiger partial charge in [0.1, 0.15) is 0 Å². The molecule has 0 saturated carbocycles. The molecular formula is C55H36F6N4. The SMILES string of the molecule is Cc1ccc(-c2ccc3c(c2)c2cc(-c4ccc(C)cc4)ccc2n3-c2ccc(-c3ccc(C(F)(F)F)cc3C(F)(F)F)c(-c3nc(-c4ccccc4)nc(-c4ccccc4)n3)c2)cc1. The lowest BCUT2D eigenvalue weighted by molar-refractivity contribution is -0.142. The number of aryl methyl sites for hydroxylation is 2. The quantitative estimate of drug-likeness (QED) is 0.150. The Morgan fingerprint density at radius 2 is 0.831 bits per heavy atom. The Bertz CT molecular complexity index is 3230. The standard InChI is InChI=1S/C55H36F6N4/c1-33-13-17-35(18-14-33)39-21-27-49-45(29-39)46-30-40(36-19-15-34(2)16-20-36)22-28-50(46)65(49)42-24-26-43(44-25-23-41(54(56,57)58)31-48(44)55(59,60)61)47(32-42)53-63-51(37-9-5-3-6-10-37)62-52(64-53)38-11-7-4-8-12-38/h3-32H,1-2H3. The van der Waals surface area contributed by atoms with Crippen molar-refractivity contribution in [2.75, 3.05) is 0 Å². The van der Waals surface area contributed by atoms with E-state index in [9.17, 15) is 26.3 Å². The molecule has 4 nitrogen and oxygen atoms in total. The number of hydrogen-bond acceptors (Lipinski definition) is 3. The van der Waals surface area contributed by atoms with Gasteiger partial charge in [0, 0.05) is 33.2 Å². The first-order valence-electron chi connectivity index (χ1n) is 20.8. The maximum absolute atomic E-state index is 15.0. The summed E-state index contributed by atoms with van der Waals surface area (Å²) in [6.07, 6.45) is -10.2. The normalized spacial score (nSPS) is 12.0. The Balaban J connectivity index is 1.27. The number of rotatable bonds is 7. The molecule has 0 aliphatic carbocycles. The van der Waals surface area contributed by atoms with Crippen LogP contribution in [0.5, 0.6) is 0 Å². The molecule has 2 heterocycles. The molecule has 10 aromatic rings. The van der Waals surface area contributed by atoms with Crippen LogP contribution in [0.2, 0.25) is 0 Å². The van der Waals surface area contributed by atoms with Gasteiger partial charge in [0.05, 0.1) is 22.2 Å². The molecule has 0 saturated heterocycles. The topological polar surface area (TPSA) is 43.6 Å². The van der Waals surface area contributed by atoms with Crippen LogP contribution in [0.4, 0.5) is 26.3 Å². The van der Waals surface area contributed by atoms with Crippen LogP contribution >= 0.6 is 0 Å². The van der Waals surface area contributed by atoms with Crippen LogP contribution < -0.4 is 0 Å². The largest absolute Gasteiger partial charge is 0.417 e. The zero-order chi connectivity index (χ0) is 45.0. The van der Waals surface area contributed by atoms with Gasteiger partial charge in [0.2, 0.25) is 0 Å². The van der Waals surface area contributed by atoms with Crippen molar-refractivity contribution in [2.24, 2.45) is 0 Å². The van der Waals surface area contributed by atoms with Crippen LogP contribution in [-0.4, -0.2) is 19.5 Å². The summed E-state index contributed by atoms with van der Waals surface area (Å²) in [5.41, 5.74) is 6.68. The highest BCUT2D eigenvalue weighted by atomic mass is 19.4. The fourth-order valence-electron chi connectivity index (χ4n) is 8.36. The molecule has 0 radical (unpaired) electrons. The highest BCUT2D eigenvalue weighted by molar-refractivity contribution is 6.12. The smallest absolute Gasteiger partial charge is 0.309 e. The average molecular weight is 867 g/mol. The lowest BCUT2D eigenvalue weighted by Gasteiger charge is -2.19. The van der Waals surface area contributed by atoms with Crippen LogP contribution in [0.25, 0.3) is 95.0 Å². The number of nitrogens with zero attached hydrogens (tertiary/aromatic N) is 4. The molecule has 8 aromatic carbocycles. The lowest BCUT2D eigenvalue weighted by atomic mass is 9.92. The van der Waals surface area contributed by atoms with Crippen molar-refractivity contribution in [1.82, 2.24) is 19.5 Å². The van der Waals surface area contributed by atoms with E-state index in [4.69, 9.17) is 15.0 Å². The second-order valence-corrected chi connectivity index (χ2v) is 16.1. The van der Waals surface area contributed by atoms with E-state index in [2.05, 4.69) is 60.7 Å². The van der Waals surface area contributed by atoms with Gasteiger partial charge < -0.3 is 4.57 Å². The monoisotopic (exact) mass is 866 g/mol. The van der Waals surface area contributed by atoms with Crippen LogP contribution in [0, 0.1) is 13.8 Å². The first-order valence-corrected chi connectivity index (χ1v) is 20.8. The van der Waals surface area contributed by atoms with E-state index >= 15 is 0 Å². The molecule has 0 atom stereocenters. The highest BCUT2D eigenvalue weighted by Crippen LogP contribution is 2.45. The lowest BCUT2D eigenvalue weighted by Crippen LogP contribution is -2.12. The van der Waals surface area contributed by atoms with Gasteiger partial charge in [-0.15, -0.1) is 0 Å². The van der Waals surface area contributed by atoms with E-state index in [1.165, 1.54) is 6.07 Å². The second kappa shape index (κ2) is 16.1. The molecule has 0 N–H and O–H groups in total. The summed E-state index contributed by atoms with van der Waals surface area (Å²) in [4.78, 5) is 14.6. The maximum atomic E-state index is 15.0. The van der Waals surface area contributed by atoms with Crippen molar-refractivity contribution in [2.45, 2.75) is 26.2 Å². The Morgan fingerprint density at radius 1 is 0.369 bits per heavy atom. The van der Waals surface area contributed by atoms with Crippen molar-refractivity contribution >= 4 is 21.8 Å². The molecule has 10 rings (SSSR count). The van der Waals surface area contributed by atoms with Gasteiger partial charge in [-0.1, -0.05) is 145 Å². The van der Waals surface area contributed by atoms with E-state index in [0.717, 1.165) is 61.3 Å². The molecule has 65 heavy (non-hydrogen) atoms. The van der Waals surface area contributed by atoms with Crippen molar-refractivity contribution in [1.29, 1.82) is 0 Å². The summed E-state index contributed by atoms with van der Waals surface area (Å²) >= 11 is 0. The van der Waals surface area contributed by atoms with Gasteiger partial charge in [-0.2, -0.15) is 26.3 Å². The van der Waals surface area contributed by atoms with E-state index in [0.29, 0.717) is 22.9 Å². The van der Waals surface area contributed by atoms with E-state index < -0.39 is 29.0 Å². The zero-order valence-corrected chi connectivity index (χ0v) is 34.9. The summed E-state index contributed by atoms with van der Waals surface area (Å²) in [6.45, 7) is 4.08. The number of halogens is 6. The number of fused-ring (bicyclic) bond motifs is 3. The van der Waals surface area contributed by atoms with Gasteiger partial charge in [-0.25, -0.2) is 15.0 Å². The number of alkyl halides is 6. The van der Waals surface area contributed by atoms with Crippen LogP contribution in [-0.2, 0) is 12.4 Å². The number of aromatic nitrogens is 4. The molecule has 0 fully saturated rings. The van der Waals surface area contributed by atoms with Crippen molar-refractivity contribution in [3.05, 3.63) is 204 Å². The summed E-state index contributed by atoms with van der Waals surface area (Å²) in [5.74, 6) is 0.559. The average Bonchev–Trinajstić information content (AvgIpc) is 3.64. The number of hydrogen-bond donors (Lipinski definition) is 0. The molecule has 0 bridgehead atoms. The van der Waals surface area contributed by atoms with Crippen LogP contribution in [0.15, 0.2) is 182 Å². The molecule has 10 heteroatoms. The predicted molar refractivity (Wildman–Crippen MR) is 246 cm³/mol. The van der Waals surface area contributed by atoms with Crippen molar-refractivity contribution in [3.63, 3.8) is 0 Å². The van der Waals surface area contributed by atoms with E-state index in [-0.39, 0.29) is 34.7 Å². The minimum Gasteiger partial charge on any atom is -0.309 e. The van der Waals surface area contributed by atoms with Crippen molar-refractivity contribution < 1.29 is 26.3 Å².